The first-order chi connectivity index (χ1) is 12.9. The summed E-state index contributed by atoms with van der Waals surface area (Å²) in [5.41, 5.74) is 7.25. The molecule has 156 valence electrons. The maximum absolute atomic E-state index is 12.2. The van der Waals surface area contributed by atoms with Gasteiger partial charge >= 0.3 is 18.1 Å². The number of aromatic carboxylic acids is 1. The van der Waals surface area contributed by atoms with Crippen molar-refractivity contribution in [2.24, 2.45) is 5.92 Å². The molecule has 1 fully saturated rings. The van der Waals surface area contributed by atoms with Crippen molar-refractivity contribution in [1.82, 2.24) is 4.90 Å². The number of nitrogen functional groups attached to an aromatic ring is 1. The summed E-state index contributed by atoms with van der Waals surface area (Å²) in [5, 5.41) is 16.1. The fourth-order valence-electron chi connectivity index (χ4n) is 2.84. The molecule has 1 amide bonds. The third-order valence-corrected chi connectivity index (χ3v) is 4.40. The number of carbonyl (C=O) groups is 3. The number of rotatable bonds is 5. The van der Waals surface area contributed by atoms with E-state index in [1.54, 1.807) is 18.0 Å². The van der Waals surface area contributed by atoms with Gasteiger partial charge < -0.3 is 20.8 Å². The molecule has 0 spiro atoms. The number of halogens is 3. The van der Waals surface area contributed by atoms with Crippen LogP contribution >= 0.6 is 0 Å². The van der Waals surface area contributed by atoms with Gasteiger partial charge in [-0.15, -0.1) is 0 Å². The summed E-state index contributed by atoms with van der Waals surface area (Å²) in [6, 6.07) is 4.59. The Morgan fingerprint density at radius 2 is 1.71 bits per heavy atom. The molecule has 0 radical (unpaired) electrons. The molecule has 0 aliphatic heterocycles. The maximum Gasteiger partial charge on any atom is 0.490 e. The van der Waals surface area contributed by atoms with E-state index < -0.39 is 18.1 Å². The van der Waals surface area contributed by atoms with Crippen LogP contribution in [0.15, 0.2) is 18.2 Å². The molecule has 1 aliphatic carbocycles. The number of aliphatic carboxylic acids is 1. The highest BCUT2D eigenvalue weighted by atomic mass is 19.4. The first-order valence-corrected chi connectivity index (χ1v) is 8.57. The second-order valence-electron chi connectivity index (χ2n) is 6.63. The minimum Gasteiger partial charge on any atom is -0.478 e. The lowest BCUT2D eigenvalue weighted by Gasteiger charge is -2.20. The van der Waals surface area contributed by atoms with Crippen molar-refractivity contribution in [3.05, 3.63) is 29.3 Å². The number of hydrogen-bond donors (Lipinski definition) is 3. The summed E-state index contributed by atoms with van der Waals surface area (Å²) >= 11 is 0. The third-order valence-electron chi connectivity index (χ3n) is 4.40. The predicted molar refractivity (Wildman–Crippen MR) is 94.6 cm³/mol. The number of carboxylic acid groups (broad SMARTS) is 2. The monoisotopic (exact) mass is 404 g/mol. The van der Waals surface area contributed by atoms with Gasteiger partial charge in [0, 0.05) is 25.7 Å². The molecular formula is C18H23F3N2O5. The molecule has 7 nitrogen and oxygen atoms in total. The Morgan fingerprint density at radius 1 is 1.18 bits per heavy atom. The molecule has 10 heteroatoms. The third kappa shape index (κ3) is 7.45. The highest BCUT2D eigenvalue weighted by Crippen LogP contribution is 2.28. The number of anilines is 1. The predicted octanol–water partition coefficient (Wildman–Crippen LogP) is 3.14. The van der Waals surface area contributed by atoms with E-state index >= 15 is 0 Å². The van der Waals surface area contributed by atoms with Crippen LogP contribution in [0.1, 0.15) is 48.0 Å². The van der Waals surface area contributed by atoms with Crippen LogP contribution in [-0.2, 0) is 16.1 Å². The van der Waals surface area contributed by atoms with Crippen molar-refractivity contribution in [1.29, 1.82) is 0 Å². The highest BCUT2D eigenvalue weighted by Gasteiger charge is 2.38. The average Bonchev–Trinajstić information content (AvgIpc) is 3.09. The molecular weight excluding hydrogens is 381 g/mol. The van der Waals surface area contributed by atoms with Crippen LogP contribution < -0.4 is 5.73 Å². The first kappa shape index (κ1) is 23.3. The van der Waals surface area contributed by atoms with Crippen molar-refractivity contribution < 1.29 is 37.8 Å². The Hall–Kier alpha value is -2.78. The minimum absolute atomic E-state index is 0.0991. The molecule has 28 heavy (non-hydrogen) atoms. The summed E-state index contributed by atoms with van der Waals surface area (Å²) in [6.07, 6.45) is 0.200. The van der Waals surface area contributed by atoms with E-state index in [1.165, 1.54) is 25.0 Å². The van der Waals surface area contributed by atoms with Crippen LogP contribution in [0.5, 0.6) is 0 Å². The van der Waals surface area contributed by atoms with Crippen LogP contribution in [0.4, 0.5) is 18.9 Å². The highest BCUT2D eigenvalue weighted by molar-refractivity contribution is 5.88. The van der Waals surface area contributed by atoms with Gasteiger partial charge in [0.2, 0.25) is 5.91 Å². The fourth-order valence-corrected chi connectivity index (χ4v) is 2.84. The number of nitrogens with two attached hydrogens (primary N) is 1. The van der Waals surface area contributed by atoms with Crippen molar-refractivity contribution in [3.63, 3.8) is 0 Å². The second kappa shape index (κ2) is 9.95. The smallest absolute Gasteiger partial charge is 0.478 e. The number of alkyl halides is 3. The molecule has 4 N–H and O–H groups in total. The Labute approximate surface area is 159 Å². The maximum atomic E-state index is 12.2. The average molecular weight is 404 g/mol. The van der Waals surface area contributed by atoms with Gasteiger partial charge in [-0.3, -0.25) is 4.79 Å². The minimum atomic E-state index is -5.08. The molecule has 0 atom stereocenters. The van der Waals surface area contributed by atoms with Gasteiger partial charge in [-0.05, 0) is 42.5 Å². The van der Waals surface area contributed by atoms with Gasteiger partial charge in [0.1, 0.15) is 0 Å². The normalized spacial score (nSPS) is 14.1. The molecule has 2 rings (SSSR count). The van der Waals surface area contributed by atoms with Gasteiger partial charge in [0.05, 0.1) is 5.56 Å². The van der Waals surface area contributed by atoms with Gasteiger partial charge in [0.15, 0.2) is 0 Å². The van der Waals surface area contributed by atoms with Crippen LogP contribution in [0.2, 0.25) is 0 Å². The van der Waals surface area contributed by atoms with Gasteiger partial charge in [0.25, 0.3) is 0 Å². The fraction of sp³-hybridized carbons (Fsp3) is 0.500. The Balaban J connectivity index is 0.000000480. The molecule has 0 heterocycles. The summed E-state index contributed by atoms with van der Waals surface area (Å²) in [4.78, 5) is 33.7. The lowest BCUT2D eigenvalue weighted by molar-refractivity contribution is -0.192. The molecule has 0 aromatic heterocycles. The number of amides is 1. The van der Waals surface area contributed by atoms with Crippen LogP contribution in [0, 0.1) is 5.92 Å². The van der Waals surface area contributed by atoms with Crippen molar-refractivity contribution in [2.45, 2.75) is 44.8 Å². The lowest BCUT2D eigenvalue weighted by atomic mass is 10.0. The molecule has 1 aromatic rings. The number of hydrogen-bond acceptors (Lipinski definition) is 4. The van der Waals surface area contributed by atoms with Gasteiger partial charge in [-0.2, -0.15) is 13.2 Å². The van der Waals surface area contributed by atoms with E-state index in [0.29, 0.717) is 30.1 Å². The Morgan fingerprint density at radius 3 is 2.18 bits per heavy atom. The molecule has 1 saturated carbocycles. The standard InChI is InChI=1S/C16H22N2O3.C2HF3O2/c1-18(15(19)8-11-4-2-3-5-11)10-13-9-12(16(20)21)6-7-14(13)17;3-2(4,5)1(6)7/h6-7,9,11H,2-5,8,10,17H2,1H3,(H,20,21);(H,6,7). The number of carbonyl (C=O) groups excluding carboxylic acids is 1. The molecule has 0 bridgehead atoms. The summed E-state index contributed by atoms with van der Waals surface area (Å²) < 4.78 is 31.7. The largest absolute Gasteiger partial charge is 0.490 e. The Bertz CT molecular complexity index is 716. The van der Waals surface area contributed by atoms with E-state index in [4.69, 9.17) is 20.7 Å². The summed E-state index contributed by atoms with van der Waals surface area (Å²) in [6.45, 7) is 0.346. The van der Waals surface area contributed by atoms with Crippen molar-refractivity contribution >= 4 is 23.5 Å². The molecule has 0 saturated heterocycles. The van der Waals surface area contributed by atoms with Gasteiger partial charge in [-0.25, -0.2) is 9.59 Å². The van der Waals surface area contributed by atoms with Crippen molar-refractivity contribution in [3.8, 4) is 0 Å². The molecule has 1 aromatic carbocycles. The van der Waals surface area contributed by atoms with E-state index in [2.05, 4.69) is 0 Å². The quantitative estimate of drug-likeness (QED) is 0.649. The van der Waals surface area contributed by atoms with E-state index in [9.17, 15) is 22.8 Å². The first-order valence-electron chi connectivity index (χ1n) is 8.57. The Kier molecular flexibility index (Phi) is 8.27. The van der Waals surface area contributed by atoms with Gasteiger partial charge in [-0.1, -0.05) is 12.8 Å². The number of carboxylic acids is 2. The van der Waals surface area contributed by atoms with E-state index in [-0.39, 0.29) is 11.5 Å². The number of nitrogens with zero attached hydrogens (tertiary/aromatic N) is 1. The SMILES string of the molecule is CN(Cc1cc(C(=O)O)ccc1N)C(=O)CC1CCCC1.O=C(O)C(F)(F)F. The lowest BCUT2D eigenvalue weighted by Crippen LogP contribution is -2.28. The molecule has 0 unspecified atom stereocenters. The van der Waals surface area contributed by atoms with E-state index in [0.717, 1.165) is 12.8 Å². The van der Waals surface area contributed by atoms with Crippen LogP contribution in [0.25, 0.3) is 0 Å². The van der Waals surface area contributed by atoms with E-state index in [1.807, 2.05) is 0 Å². The van der Waals surface area contributed by atoms with Crippen LogP contribution in [0.3, 0.4) is 0 Å². The summed E-state index contributed by atoms with van der Waals surface area (Å²) in [5.74, 6) is -3.15. The zero-order valence-corrected chi connectivity index (χ0v) is 15.3. The number of benzene rings is 1. The second-order valence-corrected chi connectivity index (χ2v) is 6.63. The van der Waals surface area contributed by atoms with Crippen LogP contribution in [-0.4, -0.2) is 46.2 Å². The summed E-state index contributed by atoms with van der Waals surface area (Å²) in [7, 11) is 1.74. The topological polar surface area (TPSA) is 121 Å². The zero-order chi connectivity index (χ0) is 21.5. The zero-order valence-electron chi connectivity index (χ0n) is 15.3. The molecule has 1 aliphatic rings. The van der Waals surface area contributed by atoms with Crippen molar-refractivity contribution in [2.75, 3.05) is 12.8 Å².